The van der Waals surface area contributed by atoms with E-state index in [4.69, 9.17) is 4.74 Å². The van der Waals surface area contributed by atoms with Gasteiger partial charge in [-0.05, 0) is 47.4 Å². The molecule has 3 rings (SSSR count). The van der Waals surface area contributed by atoms with Crippen LogP contribution in [0.3, 0.4) is 0 Å². The lowest BCUT2D eigenvalue weighted by atomic mass is 10.0. The van der Waals surface area contributed by atoms with Crippen molar-refractivity contribution in [3.8, 4) is 16.9 Å². The molecule has 2 nitrogen and oxygen atoms in total. The van der Waals surface area contributed by atoms with Gasteiger partial charge in [0.15, 0.2) is 0 Å². The molecule has 0 saturated heterocycles. The highest BCUT2D eigenvalue weighted by Gasteiger charge is 2.05. The van der Waals surface area contributed by atoms with Gasteiger partial charge >= 0.3 is 0 Å². The fraction of sp³-hybridized carbons (Fsp3) is 0.182. The van der Waals surface area contributed by atoms with Gasteiger partial charge in [0.05, 0.1) is 7.11 Å². The largest absolute Gasteiger partial charge is 0.497 e. The van der Waals surface area contributed by atoms with E-state index in [0.717, 1.165) is 12.3 Å². The quantitative estimate of drug-likeness (QED) is 0.673. The van der Waals surface area contributed by atoms with Gasteiger partial charge in [0.1, 0.15) is 5.75 Å². The number of hydrogen-bond acceptors (Lipinski definition) is 2. The van der Waals surface area contributed by atoms with Crippen molar-refractivity contribution in [1.29, 1.82) is 0 Å². The van der Waals surface area contributed by atoms with Crippen molar-refractivity contribution in [2.75, 3.05) is 7.11 Å². The van der Waals surface area contributed by atoms with Crippen LogP contribution in [0.15, 0.2) is 78.9 Å². The summed E-state index contributed by atoms with van der Waals surface area (Å²) >= 11 is 0. The Morgan fingerprint density at radius 3 is 2.29 bits per heavy atom. The van der Waals surface area contributed by atoms with Crippen molar-refractivity contribution in [2.24, 2.45) is 0 Å². The van der Waals surface area contributed by atoms with Gasteiger partial charge < -0.3 is 10.1 Å². The zero-order valence-electron chi connectivity index (χ0n) is 14.2. The first-order valence-corrected chi connectivity index (χ1v) is 8.28. The predicted molar refractivity (Wildman–Crippen MR) is 100 cm³/mol. The molecule has 3 aromatic carbocycles. The van der Waals surface area contributed by atoms with Gasteiger partial charge in [0, 0.05) is 12.6 Å². The van der Waals surface area contributed by atoms with Gasteiger partial charge in [-0.1, -0.05) is 60.7 Å². The highest BCUT2D eigenvalue weighted by Crippen LogP contribution is 2.24. The SMILES string of the molecule is COc1cccc(-c2cccc(CNC(C)c3ccccc3)c2)c1. The molecule has 0 fully saturated rings. The average Bonchev–Trinajstić information content (AvgIpc) is 2.67. The third-order valence-corrected chi connectivity index (χ3v) is 4.24. The molecule has 24 heavy (non-hydrogen) atoms. The van der Waals surface area contributed by atoms with Gasteiger partial charge in [-0.25, -0.2) is 0 Å². The Morgan fingerprint density at radius 2 is 1.54 bits per heavy atom. The van der Waals surface area contributed by atoms with E-state index in [9.17, 15) is 0 Å². The van der Waals surface area contributed by atoms with Gasteiger partial charge in [0.25, 0.3) is 0 Å². The molecule has 0 aliphatic rings. The topological polar surface area (TPSA) is 21.3 Å². The number of methoxy groups -OCH3 is 1. The van der Waals surface area contributed by atoms with Crippen molar-refractivity contribution >= 4 is 0 Å². The molecular formula is C22H23NO. The number of rotatable bonds is 6. The monoisotopic (exact) mass is 317 g/mol. The third kappa shape index (κ3) is 4.03. The maximum absolute atomic E-state index is 5.32. The van der Waals surface area contributed by atoms with Crippen molar-refractivity contribution in [1.82, 2.24) is 5.32 Å². The summed E-state index contributed by atoms with van der Waals surface area (Å²) in [6.45, 7) is 3.04. The van der Waals surface area contributed by atoms with Crippen LogP contribution < -0.4 is 10.1 Å². The first-order valence-electron chi connectivity index (χ1n) is 8.28. The number of ether oxygens (including phenoxy) is 1. The van der Waals surface area contributed by atoms with E-state index in [1.54, 1.807) is 7.11 Å². The van der Waals surface area contributed by atoms with Crippen molar-refractivity contribution in [3.63, 3.8) is 0 Å². The highest BCUT2D eigenvalue weighted by molar-refractivity contribution is 5.65. The summed E-state index contributed by atoms with van der Waals surface area (Å²) < 4.78 is 5.32. The van der Waals surface area contributed by atoms with Crippen LogP contribution in [-0.4, -0.2) is 7.11 Å². The van der Waals surface area contributed by atoms with Crippen LogP contribution in [0, 0.1) is 0 Å². The zero-order chi connectivity index (χ0) is 16.8. The second-order valence-electron chi connectivity index (χ2n) is 5.95. The Labute approximate surface area is 144 Å². The van der Waals surface area contributed by atoms with Crippen molar-refractivity contribution < 1.29 is 4.74 Å². The fourth-order valence-electron chi connectivity index (χ4n) is 2.79. The highest BCUT2D eigenvalue weighted by atomic mass is 16.5. The molecule has 0 bridgehead atoms. The molecule has 3 aromatic rings. The molecular weight excluding hydrogens is 294 g/mol. The predicted octanol–water partition coefficient (Wildman–Crippen LogP) is 5.21. The van der Waals surface area contributed by atoms with Crippen LogP contribution in [0.1, 0.15) is 24.1 Å². The second-order valence-corrected chi connectivity index (χ2v) is 5.95. The molecule has 0 spiro atoms. The first-order chi connectivity index (χ1) is 11.8. The van der Waals surface area contributed by atoms with E-state index in [0.29, 0.717) is 6.04 Å². The van der Waals surface area contributed by atoms with E-state index in [-0.39, 0.29) is 0 Å². The molecule has 1 atom stereocenters. The van der Waals surface area contributed by atoms with Crippen LogP contribution in [0.2, 0.25) is 0 Å². The Balaban J connectivity index is 1.71. The summed E-state index contributed by atoms with van der Waals surface area (Å²) in [6.07, 6.45) is 0. The first kappa shape index (κ1) is 16.3. The molecule has 0 aromatic heterocycles. The third-order valence-electron chi connectivity index (χ3n) is 4.24. The molecule has 122 valence electrons. The summed E-state index contributed by atoms with van der Waals surface area (Å²) in [5.74, 6) is 0.883. The van der Waals surface area contributed by atoms with Crippen LogP contribution in [0.25, 0.3) is 11.1 Å². The van der Waals surface area contributed by atoms with E-state index >= 15 is 0 Å². The molecule has 0 amide bonds. The Kier molecular flexibility index (Phi) is 5.29. The van der Waals surface area contributed by atoms with Gasteiger partial charge in [0.2, 0.25) is 0 Å². The maximum atomic E-state index is 5.32. The van der Waals surface area contributed by atoms with E-state index in [1.165, 1.54) is 22.3 Å². The average molecular weight is 317 g/mol. The molecule has 0 radical (unpaired) electrons. The minimum absolute atomic E-state index is 0.326. The summed E-state index contributed by atoms with van der Waals surface area (Å²) in [7, 11) is 1.70. The van der Waals surface area contributed by atoms with Gasteiger partial charge in [-0.3, -0.25) is 0 Å². The van der Waals surface area contributed by atoms with Gasteiger partial charge in [-0.2, -0.15) is 0 Å². The minimum Gasteiger partial charge on any atom is -0.497 e. The summed E-state index contributed by atoms with van der Waals surface area (Å²) in [5.41, 5.74) is 4.97. The minimum atomic E-state index is 0.326. The standard InChI is InChI=1S/C22H23NO/c1-17(19-9-4-3-5-10-19)23-16-18-8-6-11-20(14-18)21-12-7-13-22(15-21)24-2/h3-15,17,23H,16H2,1-2H3. The van der Waals surface area contributed by atoms with Crippen LogP contribution in [0.5, 0.6) is 5.75 Å². The van der Waals surface area contributed by atoms with Gasteiger partial charge in [-0.15, -0.1) is 0 Å². The van der Waals surface area contributed by atoms with Crippen LogP contribution in [0.4, 0.5) is 0 Å². The van der Waals surface area contributed by atoms with E-state index < -0.39 is 0 Å². The van der Waals surface area contributed by atoms with Crippen molar-refractivity contribution in [2.45, 2.75) is 19.5 Å². The Bertz CT molecular complexity index is 783. The molecule has 2 heteroatoms. The normalized spacial score (nSPS) is 11.9. The number of nitrogens with one attached hydrogen (secondary N) is 1. The molecule has 0 aliphatic heterocycles. The molecule has 1 unspecified atom stereocenters. The van der Waals surface area contributed by atoms with Crippen LogP contribution in [-0.2, 0) is 6.54 Å². The lowest BCUT2D eigenvalue weighted by molar-refractivity contribution is 0.415. The number of benzene rings is 3. The summed E-state index contributed by atoms with van der Waals surface area (Å²) in [5, 5.41) is 3.59. The lowest BCUT2D eigenvalue weighted by Gasteiger charge is -2.15. The Hall–Kier alpha value is -2.58. The molecule has 0 heterocycles. The maximum Gasteiger partial charge on any atom is 0.119 e. The molecule has 1 N–H and O–H groups in total. The summed E-state index contributed by atoms with van der Waals surface area (Å²) in [4.78, 5) is 0. The van der Waals surface area contributed by atoms with E-state index in [2.05, 4.69) is 72.9 Å². The fourth-order valence-corrected chi connectivity index (χ4v) is 2.79. The second kappa shape index (κ2) is 7.80. The molecule has 0 aliphatic carbocycles. The molecule has 0 saturated carbocycles. The lowest BCUT2D eigenvalue weighted by Crippen LogP contribution is -2.17. The Morgan fingerprint density at radius 1 is 0.833 bits per heavy atom. The smallest absolute Gasteiger partial charge is 0.119 e. The van der Waals surface area contributed by atoms with Crippen molar-refractivity contribution in [3.05, 3.63) is 90.0 Å². The summed E-state index contributed by atoms with van der Waals surface area (Å²) in [6, 6.07) is 27.7. The number of hydrogen-bond donors (Lipinski definition) is 1. The van der Waals surface area contributed by atoms with Crippen LogP contribution >= 0.6 is 0 Å². The zero-order valence-corrected chi connectivity index (χ0v) is 14.2. The van der Waals surface area contributed by atoms with E-state index in [1.807, 2.05) is 18.2 Å².